The molecule has 25 heavy (non-hydrogen) atoms. The molecule has 3 N–H and O–H groups in total. The third-order valence-corrected chi connectivity index (χ3v) is 4.77. The average Bonchev–Trinajstić information content (AvgIpc) is 2.87. The van der Waals surface area contributed by atoms with Crippen LogP contribution in [0.3, 0.4) is 0 Å². The third kappa shape index (κ3) is 4.94. The lowest BCUT2D eigenvalue weighted by atomic mass is 9.68. The minimum absolute atomic E-state index is 0.0545. The van der Waals surface area contributed by atoms with Crippen LogP contribution in [0.25, 0.3) is 0 Å². The predicted molar refractivity (Wildman–Crippen MR) is 84.4 cm³/mol. The van der Waals surface area contributed by atoms with Gasteiger partial charge in [-0.2, -0.15) is 13.2 Å². The Morgan fingerprint density at radius 3 is 2.28 bits per heavy atom. The van der Waals surface area contributed by atoms with Crippen molar-refractivity contribution in [1.82, 2.24) is 4.90 Å². The van der Waals surface area contributed by atoms with Gasteiger partial charge in [0.2, 0.25) is 5.91 Å². The quantitative estimate of drug-likeness (QED) is 0.870. The van der Waals surface area contributed by atoms with Crippen LogP contribution in [-0.4, -0.2) is 40.1 Å². The van der Waals surface area contributed by atoms with E-state index in [0.717, 1.165) is 25.9 Å². The van der Waals surface area contributed by atoms with E-state index in [0.29, 0.717) is 12.3 Å². The predicted octanol–water partition coefficient (Wildman–Crippen LogP) is 2.55. The molecule has 1 saturated carbocycles. The van der Waals surface area contributed by atoms with E-state index >= 15 is 0 Å². The van der Waals surface area contributed by atoms with Gasteiger partial charge in [-0.05, 0) is 24.8 Å². The van der Waals surface area contributed by atoms with Crippen molar-refractivity contribution < 1.29 is 27.9 Å². The number of amides is 1. The number of hydrogen-bond donors (Lipinski definition) is 2. The van der Waals surface area contributed by atoms with E-state index in [1.807, 2.05) is 23.1 Å². The lowest BCUT2D eigenvalue weighted by molar-refractivity contribution is -0.192. The molecule has 0 radical (unpaired) electrons. The highest BCUT2D eigenvalue weighted by Gasteiger charge is 2.45. The van der Waals surface area contributed by atoms with Crippen LogP contribution in [0, 0.1) is 5.92 Å². The first kappa shape index (κ1) is 19.2. The van der Waals surface area contributed by atoms with Crippen molar-refractivity contribution in [2.45, 2.75) is 43.9 Å². The minimum atomic E-state index is -5.08. The summed E-state index contributed by atoms with van der Waals surface area (Å²) in [6.07, 6.45) is -1.04. The van der Waals surface area contributed by atoms with E-state index in [4.69, 9.17) is 15.6 Å². The zero-order chi connectivity index (χ0) is 18.7. The normalized spacial score (nSPS) is 22.0. The van der Waals surface area contributed by atoms with E-state index < -0.39 is 12.1 Å². The van der Waals surface area contributed by atoms with Gasteiger partial charge < -0.3 is 15.7 Å². The summed E-state index contributed by atoms with van der Waals surface area (Å²) >= 11 is 0. The molecule has 1 aliphatic heterocycles. The van der Waals surface area contributed by atoms with Gasteiger partial charge in [0.25, 0.3) is 0 Å². The van der Waals surface area contributed by atoms with Gasteiger partial charge in [0.1, 0.15) is 0 Å². The summed E-state index contributed by atoms with van der Waals surface area (Å²) in [5.74, 6) is -2.13. The molecule has 1 aromatic carbocycles. The van der Waals surface area contributed by atoms with Crippen molar-refractivity contribution in [3.8, 4) is 0 Å². The van der Waals surface area contributed by atoms with Gasteiger partial charge in [0.15, 0.2) is 0 Å². The number of rotatable bonds is 3. The lowest BCUT2D eigenvalue weighted by Gasteiger charge is -2.42. The molecule has 1 heterocycles. The first-order valence-electron chi connectivity index (χ1n) is 8.02. The fourth-order valence-electron chi connectivity index (χ4n) is 3.11. The van der Waals surface area contributed by atoms with Gasteiger partial charge in [0, 0.05) is 31.0 Å². The van der Waals surface area contributed by atoms with Crippen LogP contribution in [0.15, 0.2) is 30.3 Å². The molecular weight excluding hydrogens is 337 g/mol. The number of alkyl halides is 3. The summed E-state index contributed by atoms with van der Waals surface area (Å²) < 4.78 is 31.7. The summed E-state index contributed by atoms with van der Waals surface area (Å²) in [6, 6.07) is 10.2. The van der Waals surface area contributed by atoms with Crippen LogP contribution in [-0.2, 0) is 16.1 Å². The summed E-state index contributed by atoms with van der Waals surface area (Å²) in [5, 5.41) is 7.12. The maximum absolute atomic E-state index is 12.0. The molecule has 0 aromatic heterocycles. The molecular formula is C17H21F3N2O3. The molecule has 1 atom stereocenters. The first-order chi connectivity index (χ1) is 11.6. The standard InChI is InChI=1S/C15H20N2O.C2HF3O2/c16-15(7-4-8-15)13-9-14(18)17(11-13)10-12-5-2-1-3-6-12;3-2(4,5)1(6)7/h1-3,5-6,13H,4,7-11,16H2;(H,6,7). The van der Waals surface area contributed by atoms with Crippen LogP contribution in [0.2, 0.25) is 0 Å². The molecule has 138 valence electrons. The van der Waals surface area contributed by atoms with Gasteiger partial charge in [-0.3, -0.25) is 4.79 Å². The van der Waals surface area contributed by atoms with Crippen molar-refractivity contribution in [2.75, 3.05) is 6.54 Å². The molecule has 2 fully saturated rings. The Morgan fingerprint density at radius 1 is 1.28 bits per heavy atom. The number of halogens is 3. The molecule has 0 bridgehead atoms. The summed E-state index contributed by atoms with van der Waals surface area (Å²) in [5.41, 5.74) is 7.49. The van der Waals surface area contributed by atoms with E-state index in [1.54, 1.807) is 0 Å². The summed E-state index contributed by atoms with van der Waals surface area (Å²) in [6.45, 7) is 1.57. The number of carbonyl (C=O) groups excluding carboxylic acids is 1. The molecule has 1 unspecified atom stereocenters. The van der Waals surface area contributed by atoms with Crippen molar-refractivity contribution in [3.05, 3.63) is 35.9 Å². The number of nitrogens with zero attached hydrogens (tertiary/aromatic N) is 1. The fourth-order valence-corrected chi connectivity index (χ4v) is 3.11. The number of carboxylic acid groups (broad SMARTS) is 1. The van der Waals surface area contributed by atoms with E-state index in [1.165, 1.54) is 12.0 Å². The van der Waals surface area contributed by atoms with Crippen LogP contribution in [0.5, 0.6) is 0 Å². The Bertz CT molecular complexity index is 615. The van der Waals surface area contributed by atoms with Crippen molar-refractivity contribution >= 4 is 11.9 Å². The van der Waals surface area contributed by atoms with Gasteiger partial charge in [-0.15, -0.1) is 0 Å². The molecule has 2 aliphatic rings. The highest BCUT2D eigenvalue weighted by molar-refractivity contribution is 5.79. The largest absolute Gasteiger partial charge is 0.490 e. The van der Waals surface area contributed by atoms with Crippen LogP contribution in [0.4, 0.5) is 13.2 Å². The number of carboxylic acids is 1. The maximum atomic E-state index is 12.0. The second kappa shape index (κ2) is 7.43. The summed E-state index contributed by atoms with van der Waals surface area (Å²) in [7, 11) is 0. The number of nitrogens with two attached hydrogens (primary N) is 1. The van der Waals surface area contributed by atoms with E-state index in [9.17, 15) is 18.0 Å². The molecule has 1 amide bonds. The highest BCUT2D eigenvalue weighted by Crippen LogP contribution is 2.40. The Kier molecular flexibility index (Phi) is 5.72. The lowest BCUT2D eigenvalue weighted by Crippen LogP contribution is -2.53. The van der Waals surface area contributed by atoms with Crippen LogP contribution >= 0.6 is 0 Å². The molecule has 1 saturated heterocycles. The smallest absolute Gasteiger partial charge is 0.475 e. The van der Waals surface area contributed by atoms with Crippen LogP contribution in [0.1, 0.15) is 31.2 Å². The van der Waals surface area contributed by atoms with Gasteiger partial charge in [-0.25, -0.2) is 4.79 Å². The maximum Gasteiger partial charge on any atom is 0.490 e. The number of benzene rings is 1. The first-order valence-corrected chi connectivity index (χ1v) is 8.02. The van der Waals surface area contributed by atoms with E-state index in [-0.39, 0.29) is 11.4 Å². The molecule has 5 nitrogen and oxygen atoms in total. The molecule has 1 aromatic rings. The number of hydrogen-bond acceptors (Lipinski definition) is 3. The molecule has 3 rings (SSSR count). The second-order valence-corrected chi connectivity index (χ2v) is 6.55. The topological polar surface area (TPSA) is 83.6 Å². The van der Waals surface area contributed by atoms with Crippen molar-refractivity contribution in [1.29, 1.82) is 0 Å². The van der Waals surface area contributed by atoms with Crippen molar-refractivity contribution in [2.24, 2.45) is 11.7 Å². The number of carbonyl (C=O) groups is 2. The van der Waals surface area contributed by atoms with Gasteiger partial charge >= 0.3 is 12.1 Å². The molecule has 8 heteroatoms. The van der Waals surface area contributed by atoms with Gasteiger partial charge in [-0.1, -0.05) is 30.3 Å². The van der Waals surface area contributed by atoms with Gasteiger partial charge in [0.05, 0.1) is 0 Å². The fraction of sp³-hybridized carbons (Fsp3) is 0.529. The average molecular weight is 358 g/mol. The second-order valence-electron chi connectivity index (χ2n) is 6.55. The monoisotopic (exact) mass is 358 g/mol. The number of likely N-dealkylation sites (tertiary alicyclic amines) is 1. The number of aliphatic carboxylic acids is 1. The summed E-state index contributed by atoms with van der Waals surface area (Å²) in [4.78, 5) is 22.9. The van der Waals surface area contributed by atoms with Crippen molar-refractivity contribution in [3.63, 3.8) is 0 Å². The zero-order valence-corrected chi connectivity index (χ0v) is 13.6. The molecule has 0 spiro atoms. The Labute approximate surface area is 143 Å². The SMILES string of the molecule is NC1(C2CC(=O)N(Cc3ccccc3)C2)CCC1.O=C(O)C(F)(F)F. The third-order valence-electron chi connectivity index (χ3n) is 4.77. The zero-order valence-electron chi connectivity index (χ0n) is 13.6. The molecule has 1 aliphatic carbocycles. The Morgan fingerprint density at radius 2 is 1.84 bits per heavy atom. The van der Waals surface area contributed by atoms with Crippen LogP contribution < -0.4 is 5.73 Å². The Hall–Kier alpha value is -2.09. The highest BCUT2D eigenvalue weighted by atomic mass is 19.4. The van der Waals surface area contributed by atoms with E-state index in [2.05, 4.69) is 12.1 Å². The minimum Gasteiger partial charge on any atom is -0.475 e. The Balaban J connectivity index is 0.000000277.